The summed E-state index contributed by atoms with van der Waals surface area (Å²) in [5, 5.41) is 11.1. The van der Waals surface area contributed by atoms with Crippen LogP contribution >= 0.6 is 23.2 Å². The highest BCUT2D eigenvalue weighted by atomic mass is 35.5. The van der Waals surface area contributed by atoms with Crippen molar-refractivity contribution in [3.8, 4) is 6.07 Å². The first-order chi connectivity index (χ1) is 11.9. The fraction of sp³-hybridized carbons (Fsp3) is 0.375. The number of amides is 1. The van der Waals surface area contributed by atoms with Crippen molar-refractivity contribution in [1.29, 1.82) is 5.26 Å². The van der Waals surface area contributed by atoms with Crippen LogP contribution in [0.2, 0.25) is 0 Å². The third-order valence-electron chi connectivity index (χ3n) is 3.86. The van der Waals surface area contributed by atoms with Crippen molar-refractivity contribution in [1.82, 2.24) is 9.62 Å². The minimum atomic E-state index is -3.57. The van der Waals surface area contributed by atoms with E-state index in [1.54, 1.807) is 6.07 Å². The molecular weight excluding hydrogens is 385 g/mol. The average molecular weight is 402 g/mol. The zero-order valence-corrected chi connectivity index (χ0v) is 15.7. The molecule has 9 heteroatoms. The van der Waals surface area contributed by atoms with Crippen molar-refractivity contribution in [2.24, 2.45) is 0 Å². The van der Waals surface area contributed by atoms with Gasteiger partial charge in [-0.15, -0.1) is 0 Å². The van der Waals surface area contributed by atoms with E-state index in [2.05, 4.69) is 5.32 Å². The van der Waals surface area contributed by atoms with Crippen LogP contribution in [0.15, 0.2) is 39.3 Å². The van der Waals surface area contributed by atoms with Crippen LogP contribution < -0.4 is 5.32 Å². The molecule has 1 fully saturated rings. The van der Waals surface area contributed by atoms with Gasteiger partial charge < -0.3 is 5.32 Å². The number of halogens is 2. The van der Waals surface area contributed by atoms with Crippen LogP contribution in [-0.4, -0.2) is 31.7 Å². The van der Waals surface area contributed by atoms with Crippen LogP contribution in [0.4, 0.5) is 0 Å². The molecule has 1 aromatic carbocycles. The van der Waals surface area contributed by atoms with Crippen molar-refractivity contribution in [3.05, 3.63) is 40.0 Å². The SMILES string of the molecule is N#CC(NC(=O)c1ccc(S(=O)(=O)N2CCCCCC2)cc1)=C(Cl)Cl. The van der Waals surface area contributed by atoms with E-state index in [-0.39, 0.29) is 20.6 Å². The molecule has 0 aromatic heterocycles. The third-order valence-corrected chi connectivity index (χ3v) is 6.15. The number of rotatable bonds is 4. The van der Waals surface area contributed by atoms with Gasteiger partial charge in [0.1, 0.15) is 10.6 Å². The number of nitrogens with one attached hydrogen (secondary N) is 1. The summed E-state index contributed by atoms with van der Waals surface area (Å²) < 4.78 is 26.5. The molecule has 0 bridgehead atoms. The molecule has 1 saturated heterocycles. The first-order valence-corrected chi connectivity index (χ1v) is 9.93. The molecule has 134 valence electrons. The van der Waals surface area contributed by atoms with Crippen LogP contribution in [0.3, 0.4) is 0 Å². The predicted molar refractivity (Wildman–Crippen MR) is 95.5 cm³/mol. The minimum Gasteiger partial charge on any atom is -0.311 e. The third kappa shape index (κ3) is 4.95. The summed E-state index contributed by atoms with van der Waals surface area (Å²) in [5.74, 6) is -0.603. The monoisotopic (exact) mass is 401 g/mol. The first kappa shape index (κ1) is 19.7. The molecular formula is C16H17Cl2N3O3S. The maximum atomic E-state index is 12.7. The van der Waals surface area contributed by atoms with E-state index in [1.807, 2.05) is 0 Å². The van der Waals surface area contributed by atoms with Gasteiger partial charge in [-0.2, -0.15) is 9.57 Å². The van der Waals surface area contributed by atoms with E-state index >= 15 is 0 Å². The number of nitrogens with zero attached hydrogens (tertiary/aromatic N) is 2. The Kier molecular flexibility index (Phi) is 6.85. The van der Waals surface area contributed by atoms with Gasteiger partial charge in [-0.3, -0.25) is 4.79 Å². The molecule has 1 aromatic rings. The topological polar surface area (TPSA) is 90.3 Å². The molecule has 0 atom stereocenters. The highest BCUT2D eigenvalue weighted by molar-refractivity contribution is 7.89. The number of allylic oxidation sites excluding steroid dienone is 1. The van der Waals surface area contributed by atoms with Gasteiger partial charge in [0.25, 0.3) is 5.91 Å². The summed E-state index contributed by atoms with van der Waals surface area (Å²) in [6.45, 7) is 1.02. The lowest BCUT2D eigenvalue weighted by atomic mass is 10.2. The maximum absolute atomic E-state index is 12.7. The predicted octanol–water partition coefficient (Wildman–Crippen LogP) is 3.15. The van der Waals surface area contributed by atoms with Gasteiger partial charge in [0.2, 0.25) is 10.0 Å². The summed E-state index contributed by atoms with van der Waals surface area (Å²) in [6.07, 6.45) is 3.76. The van der Waals surface area contributed by atoms with Crippen molar-refractivity contribution in [2.45, 2.75) is 30.6 Å². The molecule has 1 aliphatic rings. The fourth-order valence-electron chi connectivity index (χ4n) is 2.51. The second-order valence-electron chi connectivity index (χ2n) is 5.54. The van der Waals surface area contributed by atoms with Crippen molar-refractivity contribution >= 4 is 39.1 Å². The van der Waals surface area contributed by atoms with Gasteiger partial charge >= 0.3 is 0 Å². The Bertz CT molecular complexity index is 802. The van der Waals surface area contributed by atoms with E-state index in [4.69, 9.17) is 28.5 Å². The number of hydrogen-bond acceptors (Lipinski definition) is 4. The van der Waals surface area contributed by atoms with E-state index in [0.717, 1.165) is 25.7 Å². The molecule has 25 heavy (non-hydrogen) atoms. The summed E-state index contributed by atoms with van der Waals surface area (Å²) >= 11 is 11.0. The Morgan fingerprint density at radius 1 is 1.08 bits per heavy atom. The van der Waals surface area contributed by atoms with Crippen LogP contribution in [-0.2, 0) is 10.0 Å². The number of hydrogen-bond donors (Lipinski definition) is 1. The first-order valence-electron chi connectivity index (χ1n) is 7.73. The summed E-state index contributed by atoms with van der Waals surface area (Å²) in [6, 6.07) is 7.20. The molecule has 0 aliphatic carbocycles. The molecule has 1 heterocycles. The Labute approximate surface area is 157 Å². The smallest absolute Gasteiger partial charge is 0.256 e. The number of benzene rings is 1. The number of carbonyl (C=O) groups is 1. The second-order valence-corrected chi connectivity index (χ2v) is 8.43. The molecule has 1 amide bonds. The maximum Gasteiger partial charge on any atom is 0.256 e. The standard InChI is InChI=1S/C16H17Cl2N3O3S/c17-15(18)14(11-19)20-16(22)12-5-7-13(8-6-12)25(23,24)21-9-3-1-2-4-10-21/h5-8H,1-4,9-10H2,(H,20,22). The van der Waals surface area contributed by atoms with Gasteiger partial charge in [-0.05, 0) is 37.1 Å². The highest BCUT2D eigenvalue weighted by Gasteiger charge is 2.25. The quantitative estimate of drug-likeness (QED) is 0.784. The van der Waals surface area contributed by atoms with E-state index in [1.165, 1.54) is 28.6 Å². The van der Waals surface area contributed by atoms with Gasteiger partial charge in [-0.25, -0.2) is 8.42 Å². The van der Waals surface area contributed by atoms with Crippen LogP contribution in [0.25, 0.3) is 0 Å². The largest absolute Gasteiger partial charge is 0.311 e. The lowest BCUT2D eigenvalue weighted by Crippen LogP contribution is -2.32. The zero-order chi connectivity index (χ0) is 18.4. The van der Waals surface area contributed by atoms with Crippen molar-refractivity contribution in [2.75, 3.05) is 13.1 Å². The van der Waals surface area contributed by atoms with Crippen LogP contribution in [0.5, 0.6) is 0 Å². The van der Waals surface area contributed by atoms with Gasteiger partial charge in [-0.1, -0.05) is 36.0 Å². The lowest BCUT2D eigenvalue weighted by Gasteiger charge is -2.20. The minimum absolute atomic E-state index is 0.136. The Hall–Kier alpha value is -1.59. The molecule has 0 spiro atoms. The molecule has 2 rings (SSSR count). The Balaban J connectivity index is 2.17. The van der Waals surface area contributed by atoms with E-state index in [9.17, 15) is 13.2 Å². The van der Waals surface area contributed by atoms with Crippen LogP contribution in [0, 0.1) is 11.3 Å². The molecule has 1 aliphatic heterocycles. The van der Waals surface area contributed by atoms with Gasteiger partial charge in [0.15, 0.2) is 5.70 Å². The lowest BCUT2D eigenvalue weighted by molar-refractivity contribution is 0.0967. The normalized spacial score (nSPS) is 15.7. The number of nitriles is 1. The van der Waals surface area contributed by atoms with Gasteiger partial charge in [0, 0.05) is 18.7 Å². The average Bonchev–Trinajstić information content (AvgIpc) is 2.89. The highest BCUT2D eigenvalue weighted by Crippen LogP contribution is 2.21. The van der Waals surface area contributed by atoms with Gasteiger partial charge in [0.05, 0.1) is 4.90 Å². The zero-order valence-electron chi connectivity index (χ0n) is 13.3. The molecule has 6 nitrogen and oxygen atoms in total. The molecule has 0 saturated carbocycles. The summed E-state index contributed by atoms with van der Waals surface area (Å²) in [5.41, 5.74) is -0.0771. The molecule has 0 unspecified atom stereocenters. The Morgan fingerprint density at radius 3 is 2.12 bits per heavy atom. The second kappa shape index (κ2) is 8.68. The summed E-state index contributed by atoms with van der Waals surface area (Å²) in [4.78, 5) is 12.2. The van der Waals surface area contributed by atoms with E-state index in [0.29, 0.717) is 13.1 Å². The van der Waals surface area contributed by atoms with Crippen molar-refractivity contribution in [3.63, 3.8) is 0 Å². The molecule has 0 radical (unpaired) electrons. The number of carbonyl (C=O) groups excluding carboxylic acids is 1. The van der Waals surface area contributed by atoms with Crippen molar-refractivity contribution < 1.29 is 13.2 Å². The Morgan fingerprint density at radius 2 is 1.64 bits per heavy atom. The van der Waals surface area contributed by atoms with Crippen LogP contribution in [0.1, 0.15) is 36.0 Å². The fourth-order valence-corrected chi connectivity index (χ4v) is 4.21. The van der Waals surface area contributed by atoms with E-state index < -0.39 is 15.9 Å². The molecule has 1 N–H and O–H groups in total. The number of sulfonamides is 1. The summed E-state index contributed by atoms with van der Waals surface area (Å²) in [7, 11) is -3.57.